The van der Waals surface area contributed by atoms with E-state index in [2.05, 4.69) is 19.2 Å². The zero-order chi connectivity index (χ0) is 19.4. The van der Waals surface area contributed by atoms with E-state index in [1.54, 1.807) is 0 Å². The molecule has 2 saturated heterocycles. The molecule has 27 heavy (non-hydrogen) atoms. The molecule has 0 aromatic rings. The highest BCUT2D eigenvalue weighted by atomic mass is 16.2. The molecule has 3 aliphatic rings. The number of rotatable bonds is 1. The van der Waals surface area contributed by atoms with E-state index in [1.165, 1.54) is 32.1 Å². The SMILES string of the molecule is CC1(C)C2CN3C(=O)CCCCCCCCCCC[C@@H](C=O)NC(=O)[C@@H]3C21. The maximum absolute atomic E-state index is 13.0. The number of nitrogens with one attached hydrogen (secondary N) is 1. The summed E-state index contributed by atoms with van der Waals surface area (Å²) in [5.41, 5.74) is 0.119. The topological polar surface area (TPSA) is 66.5 Å². The number of aldehydes is 1. The van der Waals surface area contributed by atoms with Gasteiger partial charge in [0.25, 0.3) is 0 Å². The average molecular weight is 377 g/mol. The highest BCUT2D eigenvalue weighted by Gasteiger charge is 2.69. The standard InChI is InChI=1S/C22H36N2O3/c1-22(2)17-14-24-18(26)13-11-9-7-5-3-4-6-8-10-12-16(15-25)23-21(27)20(24)19(17)22/h15-17,19-20H,3-14H2,1-2H3,(H,23,27)/t16-,17?,19?,20-/m0/s1. The molecule has 1 N–H and O–H groups in total. The van der Waals surface area contributed by atoms with Gasteiger partial charge in [0.05, 0.1) is 6.04 Å². The number of hydrogen-bond donors (Lipinski definition) is 1. The fraction of sp³-hybridized carbons (Fsp3) is 0.864. The summed E-state index contributed by atoms with van der Waals surface area (Å²) in [5.74, 6) is 0.640. The summed E-state index contributed by atoms with van der Waals surface area (Å²) in [7, 11) is 0. The molecule has 0 radical (unpaired) electrons. The van der Waals surface area contributed by atoms with E-state index < -0.39 is 12.1 Å². The molecule has 4 atom stereocenters. The third kappa shape index (κ3) is 4.55. The summed E-state index contributed by atoms with van der Waals surface area (Å²) in [4.78, 5) is 39.1. The van der Waals surface area contributed by atoms with Crippen molar-refractivity contribution in [2.24, 2.45) is 17.3 Å². The number of amides is 2. The van der Waals surface area contributed by atoms with Gasteiger partial charge in [-0.25, -0.2) is 0 Å². The molecule has 2 heterocycles. The van der Waals surface area contributed by atoms with Crippen LogP contribution in [0, 0.1) is 17.3 Å². The normalized spacial score (nSPS) is 35.6. The van der Waals surface area contributed by atoms with Gasteiger partial charge >= 0.3 is 0 Å². The van der Waals surface area contributed by atoms with Crippen LogP contribution in [0.2, 0.25) is 0 Å². The molecule has 5 heteroatoms. The van der Waals surface area contributed by atoms with E-state index in [1.807, 2.05) is 4.90 Å². The number of hydrogen-bond acceptors (Lipinski definition) is 3. The van der Waals surface area contributed by atoms with Crippen LogP contribution in [0.25, 0.3) is 0 Å². The highest BCUT2D eigenvalue weighted by Crippen LogP contribution is 2.64. The van der Waals surface area contributed by atoms with Gasteiger partial charge in [-0.15, -0.1) is 0 Å². The largest absolute Gasteiger partial charge is 0.345 e. The molecule has 5 nitrogen and oxygen atoms in total. The van der Waals surface area contributed by atoms with Gasteiger partial charge in [0.15, 0.2) is 0 Å². The summed E-state index contributed by atoms with van der Waals surface area (Å²) in [6.07, 6.45) is 12.4. The van der Waals surface area contributed by atoms with Crippen molar-refractivity contribution in [3.8, 4) is 0 Å². The monoisotopic (exact) mass is 376 g/mol. The maximum Gasteiger partial charge on any atom is 0.243 e. The van der Waals surface area contributed by atoms with Crippen LogP contribution >= 0.6 is 0 Å². The van der Waals surface area contributed by atoms with Crippen molar-refractivity contribution in [3.63, 3.8) is 0 Å². The molecule has 0 aromatic carbocycles. The molecule has 152 valence electrons. The Labute approximate surface area is 163 Å². The third-order valence-corrected chi connectivity index (χ3v) is 7.20. The van der Waals surface area contributed by atoms with Crippen molar-refractivity contribution < 1.29 is 14.4 Å². The van der Waals surface area contributed by atoms with E-state index >= 15 is 0 Å². The molecule has 0 aromatic heterocycles. The lowest BCUT2D eigenvalue weighted by Gasteiger charge is -2.31. The smallest absolute Gasteiger partial charge is 0.243 e. The van der Waals surface area contributed by atoms with E-state index in [9.17, 15) is 14.4 Å². The van der Waals surface area contributed by atoms with Gasteiger partial charge in [-0.2, -0.15) is 0 Å². The van der Waals surface area contributed by atoms with E-state index in [4.69, 9.17) is 0 Å². The Morgan fingerprint density at radius 3 is 2.19 bits per heavy atom. The minimum Gasteiger partial charge on any atom is -0.345 e. The maximum atomic E-state index is 13.0. The van der Waals surface area contributed by atoms with Gasteiger partial charge in [-0.05, 0) is 30.1 Å². The van der Waals surface area contributed by atoms with Crippen LogP contribution in [-0.4, -0.2) is 41.6 Å². The first-order valence-corrected chi connectivity index (χ1v) is 11.0. The second-order valence-electron chi connectivity index (χ2n) is 9.42. The predicted molar refractivity (Wildman–Crippen MR) is 105 cm³/mol. The summed E-state index contributed by atoms with van der Waals surface area (Å²) in [5, 5.41) is 2.95. The van der Waals surface area contributed by atoms with Crippen molar-refractivity contribution in [2.45, 2.75) is 96.6 Å². The molecule has 3 rings (SSSR count). The average Bonchev–Trinajstić information content (AvgIpc) is 2.99. The molecule has 2 unspecified atom stereocenters. The molecule has 2 amide bonds. The number of carbonyl (C=O) groups excluding carboxylic acids is 3. The second-order valence-corrected chi connectivity index (χ2v) is 9.42. The van der Waals surface area contributed by atoms with Gasteiger partial charge in [0.2, 0.25) is 11.8 Å². The molecule has 2 aliphatic heterocycles. The molecule has 1 saturated carbocycles. The number of nitrogens with zero attached hydrogens (tertiary/aromatic N) is 1. The van der Waals surface area contributed by atoms with E-state index in [0.29, 0.717) is 25.3 Å². The Hall–Kier alpha value is -1.39. The van der Waals surface area contributed by atoms with Crippen LogP contribution in [0.3, 0.4) is 0 Å². The minimum atomic E-state index is -0.425. The van der Waals surface area contributed by atoms with Crippen molar-refractivity contribution in [1.82, 2.24) is 10.2 Å². The molecule has 1 aliphatic carbocycles. The zero-order valence-electron chi connectivity index (χ0n) is 17.0. The molecular weight excluding hydrogens is 340 g/mol. The Balaban J connectivity index is 1.69. The Kier molecular flexibility index (Phi) is 6.59. The van der Waals surface area contributed by atoms with Gasteiger partial charge < -0.3 is 15.0 Å². The van der Waals surface area contributed by atoms with Crippen molar-refractivity contribution in [2.75, 3.05) is 6.54 Å². The van der Waals surface area contributed by atoms with Gasteiger partial charge in [0.1, 0.15) is 12.3 Å². The molecule has 0 bridgehead atoms. The van der Waals surface area contributed by atoms with Crippen LogP contribution in [0.15, 0.2) is 0 Å². The number of carbonyl (C=O) groups is 3. The summed E-state index contributed by atoms with van der Waals surface area (Å²) >= 11 is 0. The lowest BCUT2D eigenvalue weighted by molar-refractivity contribution is -0.141. The van der Waals surface area contributed by atoms with Crippen LogP contribution < -0.4 is 5.32 Å². The van der Waals surface area contributed by atoms with Crippen molar-refractivity contribution >= 4 is 18.1 Å². The molecule has 3 fully saturated rings. The Morgan fingerprint density at radius 1 is 0.963 bits per heavy atom. The van der Waals surface area contributed by atoms with Gasteiger partial charge in [0, 0.05) is 13.0 Å². The Morgan fingerprint density at radius 2 is 1.56 bits per heavy atom. The predicted octanol–water partition coefficient (Wildman–Crippen LogP) is 3.46. The molecular formula is C22H36N2O3. The quantitative estimate of drug-likeness (QED) is 0.713. The summed E-state index contributed by atoms with van der Waals surface area (Å²) in [6, 6.07) is -0.818. The lowest BCUT2D eigenvalue weighted by Crippen LogP contribution is -2.52. The van der Waals surface area contributed by atoms with Crippen molar-refractivity contribution in [1.29, 1.82) is 0 Å². The summed E-state index contributed by atoms with van der Waals surface area (Å²) in [6.45, 7) is 5.08. The third-order valence-electron chi connectivity index (χ3n) is 7.20. The molecule has 0 spiro atoms. The van der Waals surface area contributed by atoms with Crippen LogP contribution in [0.4, 0.5) is 0 Å². The van der Waals surface area contributed by atoms with E-state index in [-0.39, 0.29) is 23.1 Å². The second kappa shape index (κ2) is 8.74. The number of fused-ring (bicyclic) bond motifs is 3. The first kappa shape index (κ1) is 20.3. The van der Waals surface area contributed by atoms with Gasteiger partial charge in [-0.1, -0.05) is 65.2 Å². The Bertz CT molecular complexity index is 560. The lowest BCUT2D eigenvalue weighted by atomic mass is 9.99. The highest BCUT2D eigenvalue weighted by molar-refractivity contribution is 5.91. The first-order valence-electron chi connectivity index (χ1n) is 11.0. The van der Waals surface area contributed by atoms with Gasteiger partial charge in [-0.3, -0.25) is 9.59 Å². The number of piperidine rings is 1. The fourth-order valence-electron chi connectivity index (χ4n) is 5.31. The van der Waals surface area contributed by atoms with Crippen LogP contribution in [0.1, 0.15) is 84.5 Å². The minimum absolute atomic E-state index is 0.116. The zero-order valence-corrected chi connectivity index (χ0v) is 17.0. The fourth-order valence-corrected chi connectivity index (χ4v) is 5.31. The van der Waals surface area contributed by atoms with Crippen LogP contribution in [-0.2, 0) is 14.4 Å². The van der Waals surface area contributed by atoms with Crippen LogP contribution in [0.5, 0.6) is 0 Å². The van der Waals surface area contributed by atoms with E-state index in [0.717, 1.165) is 32.0 Å². The van der Waals surface area contributed by atoms with Crippen molar-refractivity contribution in [3.05, 3.63) is 0 Å². The summed E-state index contributed by atoms with van der Waals surface area (Å²) < 4.78 is 0. The first-order chi connectivity index (χ1) is 13.0.